The van der Waals surface area contributed by atoms with Gasteiger partial charge in [-0.15, -0.1) is 0 Å². The van der Waals surface area contributed by atoms with Crippen LogP contribution in [0.4, 0.5) is 0 Å². The van der Waals surface area contributed by atoms with Gasteiger partial charge >= 0.3 is 0 Å². The minimum absolute atomic E-state index is 0.144. The fourth-order valence-electron chi connectivity index (χ4n) is 2.43. The summed E-state index contributed by atoms with van der Waals surface area (Å²) in [5, 5.41) is 9.28. The lowest BCUT2D eigenvalue weighted by Gasteiger charge is -2.22. The average Bonchev–Trinajstić information content (AvgIpc) is 2.86. The number of hydrogen-bond donors (Lipinski definition) is 1. The Morgan fingerprint density at radius 1 is 1.33 bits per heavy atom. The summed E-state index contributed by atoms with van der Waals surface area (Å²) in [6.45, 7) is 6.47. The number of likely N-dealkylation sites (tertiary alicyclic amines) is 1. The number of carbonyl (C=O) groups excluding carboxylic acids is 1. The van der Waals surface area contributed by atoms with Gasteiger partial charge in [0.15, 0.2) is 0 Å². The van der Waals surface area contributed by atoms with Crippen molar-refractivity contribution in [3.8, 4) is 0 Å². The number of hydrogen-bond acceptors (Lipinski definition) is 2. The first-order chi connectivity index (χ1) is 10.2. The molecular weight excluding hydrogens is 262 g/mol. The molecule has 116 valence electrons. The molecule has 0 bridgehead atoms. The van der Waals surface area contributed by atoms with Crippen LogP contribution in [0.25, 0.3) is 0 Å². The van der Waals surface area contributed by atoms with E-state index in [1.807, 2.05) is 43.0 Å². The van der Waals surface area contributed by atoms with E-state index in [1.165, 1.54) is 5.56 Å². The number of amides is 1. The van der Waals surface area contributed by atoms with E-state index in [1.54, 1.807) is 13.0 Å². The summed E-state index contributed by atoms with van der Waals surface area (Å²) in [4.78, 5) is 13.8. The van der Waals surface area contributed by atoms with E-state index in [-0.39, 0.29) is 11.9 Å². The Hall–Kier alpha value is -1.61. The molecule has 1 N–H and O–H groups in total. The molecule has 1 aliphatic heterocycles. The van der Waals surface area contributed by atoms with Crippen molar-refractivity contribution >= 4 is 5.91 Å². The third-order valence-corrected chi connectivity index (χ3v) is 3.47. The van der Waals surface area contributed by atoms with Gasteiger partial charge in [0.2, 0.25) is 5.91 Å². The highest BCUT2D eigenvalue weighted by molar-refractivity contribution is 5.79. The van der Waals surface area contributed by atoms with Crippen LogP contribution in [0, 0.1) is 0 Å². The molecule has 1 fully saturated rings. The molecule has 1 aliphatic rings. The van der Waals surface area contributed by atoms with Crippen LogP contribution in [-0.4, -0.2) is 34.6 Å². The summed E-state index contributed by atoms with van der Waals surface area (Å²) in [6.07, 6.45) is 5.62. The molecule has 2 rings (SSSR count). The lowest BCUT2D eigenvalue weighted by atomic mass is 10.1. The van der Waals surface area contributed by atoms with E-state index >= 15 is 0 Å². The van der Waals surface area contributed by atoms with Crippen LogP contribution < -0.4 is 0 Å². The zero-order chi connectivity index (χ0) is 15.7. The number of carbonyl (C=O) groups is 1. The number of nitrogens with zero attached hydrogens (tertiary/aromatic N) is 1. The second kappa shape index (κ2) is 9.35. The van der Waals surface area contributed by atoms with Gasteiger partial charge in [-0.25, -0.2) is 0 Å². The molecular formula is C18H27NO2. The molecule has 2 unspecified atom stereocenters. The number of rotatable bonds is 5. The maximum Gasteiger partial charge on any atom is 0.223 e. The minimum Gasteiger partial charge on any atom is -0.389 e. The largest absolute Gasteiger partial charge is 0.389 e. The highest BCUT2D eigenvalue weighted by Gasteiger charge is 2.28. The van der Waals surface area contributed by atoms with Gasteiger partial charge < -0.3 is 10.0 Å². The monoisotopic (exact) mass is 289 g/mol. The third-order valence-electron chi connectivity index (χ3n) is 3.47. The van der Waals surface area contributed by atoms with E-state index in [4.69, 9.17) is 0 Å². The highest BCUT2D eigenvalue weighted by Crippen LogP contribution is 2.20. The SMILES string of the molecule is CC.CC(O)C=CC1CCC(=O)N1CCc1ccccc1. The zero-order valence-electron chi connectivity index (χ0n) is 13.3. The molecule has 0 spiro atoms. The Morgan fingerprint density at radius 2 is 2.00 bits per heavy atom. The fourth-order valence-corrected chi connectivity index (χ4v) is 2.43. The maximum absolute atomic E-state index is 11.9. The molecule has 0 aliphatic carbocycles. The van der Waals surface area contributed by atoms with Crippen LogP contribution in [0.2, 0.25) is 0 Å². The van der Waals surface area contributed by atoms with E-state index in [2.05, 4.69) is 12.1 Å². The first-order valence-corrected chi connectivity index (χ1v) is 7.86. The summed E-state index contributed by atoms with van der Waals surface area (Å²) in [6, 6.07) is 10.4. The first kappa shape index (κ1) is 17.4. The normalized spacial score (nSPS) is 19.5. The van der Waals surface area contributed by atoms with Gasteiger partial charge in [0.1, 0.15) is 0 Å². The minimum atomic E-state index is -0.452. The molecule has 3 heteroatoms. The molecule has 21 heavy (non-hydrogen) atoms. The molecule has 3 nitrogen and oxygen atoms in total. The van der Waals surface area contributed by atoms with Crippen LogP contribution in [0.5, 0.6) is 0 Å². The number of benzene rings is 1. The van der Waals surface area contributed by atoms with Crippen LogP contribution in [0.3, 0.4) is 0 Å². The van der Waals surface area contributed by atoms with Gasteiger partial charge in [-0.2, -0.15) is 0 Å². The van der Waals surface area contributed by atoms with Crippen molar-refractivity contribution in [2.45, 2.75) is 52.2 Å². The summed E-state index contributed by atoms with van der Waals surface area (Å²) in [5.74, 6) is 0.219. The van der Waals surface area contributed by atoms with Crippen LogP contribution in [0.15, 0.2) is 42.5 Å². The third kappa shape index (κ3) is 5.72. The molecule has 2 atom stereocenters. The van der Waals surface area contributed by atoms with Crippen molar-refractivity contribution in [2.75, 3.05) is 6.54 Å². The average molecular weight is 289 g/mol. The second-order valence-corrected chi connectivity index (χ2v) is 5.05. The predicted octanol–water partition coefficient (Wildman–Crippen LogP) is 3.18. The van der Waals surface area contributed by atoms with Crippen molar-refractivity contribution in [2.24, 2.45) is 0 Å². The van der Waals surface area contributed by atoms with Gasteiger partial charge in [0.05, 0.1) is 12.1 Å². The van der Waals surface area contributed by atoms with Crippen molar-refractivity contribution in [3.05, 3.63) is 48.0 Å². The smallest absolute Gasteiger partial charge is 0.223 e. The lowest BCUT2D eigenvalue weighted by molar-refractivity contribution is -0.128. The molecule has 0 saturated carbocycles. The molecule has 0 radical (unpaired) electrons. The Bertz CT molecular complexity index is 440. The Balaban J connectivity index is 0.00000106. The maximum atomic E-state index is 11.9. The quantitative estimate of drug-likeness (QED) is 0.846. The standard InChI is InChI=1S/C16H21NO2.C2H6/c1-13(18)7-8-15-9-10-16(19)17(15)12-11-14-5-3-2-4-6-14;1-2/h2-8,13,15,18H,9-12H2,1H3;1-2H3. The first-order valence-electron chi connectivity index (χ1n) is 7.86. The van der Waals surface area contributed by atoms with Crippen molar-refractivity contribution in [1.82, 2.24) is 4.90 Å². The molecule has 1 aromatic carbocycles. The summed E-state index contributed by atoms with van der Waals surface area (Å²) >= 11 is 0. The topological polar surface area (TPSA) is 40.5 Å². The Kier molecular flexibility index (Phi) is 7.76. The zero-order valence-corrected chi connectivity index (χ0v) is 13.3. The summed E-state index contributed by atoms with van der Waals surface area (Å²) < 4.78 is 0. The van der Waals surface area contributed by atoms with E-state index in [0.717, 1.165) is 19.4 Å². The van der Waals surface area contributed by atoms with Gasteiger partial charge in [0.25, 0.3) is 0 Å². The van der Waals surface area contributed by atoms with Gasteiger partial charge in [-0.05, 0) is 25.3 Å². The Labute approximate surface area is 128 Å². The van der Waals surface area contributed by atoms with E-state index in [0.29, 0.717) is 6.42 Å². The van der Waals surface area contributed by atoms with Crippen molar-refractivity contribution in [1.29, 1.82) is 0 Å². The molecule has 1 amide bonds. The van der Waals surface area contributed by atoms with Crippen molar-refractivity contribution < 1.29 is 9.90 Å². The molecule has 1 aromatic rings. The van der Waals surface area contributed by atoms with Crippen LogP contribution in [0.1, 0.15) is 39.2 Å². The van der Waals surface area contributed by atoms with Crippen LogP contribution in [-0.2, 0) is 11.2 Å². The van der Waals surface area contributed by atoms with E-state index < -0.39 is 6.10 Å². The molecule has 1 heterocycles. The van der Waals surface area contributed by atoms with Gasteiger partial charge in [-0.1, -0.05) is 56.3 Å². The highest BCUT2D eigenvalue weighted by atomic mass is 16.3. The second-order valence-electron chi connectivity index (χ2n) is 5.05. The molecule has 1 saturated heterocycles. The summed E-state index contributed by atoms with van der Waals surface area (Å²) in [5.41, 5.74) is 1.25. The fraction of sp³-hybridized carbons (Fsp3) is 0.500. The van der Waals surface area contributed by atoms with E-state index in [9.17, 15) is 9.90 Å². The molecule has 0 aromatic heterocycles. The summed E-state index contributed by atoms with van der Waals surface area (Å²) in [7, 11) is 0. The van der Waals surface area contributed by atoms with Crippen molar-refractivity contribution in [3.63, 3.8) is 0 Å². The van der Waals surface area contributed by atoms with Gasteiger partial charge in [-0.3, -0.25) is 4.79 Å². The number of aliphatic hydroxyl groups is 1. The Morgan fingerprint density at radius 3 is 2.62 bits per heavy atom. The predicted molar refractivity (Wildman–Crippen MR) is 87.0 cm³/mol. The van der Waals surface area contributed by atoms with Crippen LogP contribution >= 0.6 is 0 Å². The lowest BCUT2D eigenvalue weighted by Crippen LogP contribution is -2.33. The van der Waals surface area contributed by atoms with Gasteiger partial charge in [0, 0.05) is 13.0 Å². The number of aliphatic hydroxyl groups excluding tert-OH is 1.